The third kappa shape index (κ3) is 5.59. The van der Waals surface area contributed by atoms with E-state index in [9.17, 15) is 9.59 Å². The van der Waals surface area contributed by atoms with Gasteiger partial charge in [0.2, 0.25) is 17.6 Å². The predicted molar refractivity (Wildman–Crippen MR) is 128 cm³/mol. The van der Waals surface area contributed by atoms with E-state index in [0.29, 0.717) is 35.4 Å². The van der Waals surface area contributed by atoms with Crippen LogP contribution in [0.3, 0.4) is 0 Å². The van der Waals surface area contributed by atoms with Gasteiger partial charge in [-0.1, -0.05) is 38.1 Å². The van der Waals surface area contributed by atoms with E-state index in [0.717, 1.165) is 12.0 Å². The van der Waals surface area contributed by atoms with Crippen molar-refractivity contribution in [2.45, 2.75) is 39.7 Å². The Hall–Kier alpha value is -3.22. The van der Waals surface area contributed by atoms with Crippen molar-refractivity contribution in [1.29, 1.82) is 0 Å². The van der Waals surface area contributed by atoms with Crippen molar-refractivity contribution in [3.63, 3.8) is 0 Å². The largest absolute Gasteiger partial charge is 0.493 e. The van der Waals surface area contributed by atoms with Gasteiger partial charge in [-0.05, 0) is 30.4 Å². The lowest BCUT2D eigenvalue weighted by Gasteiger charge is -2.21. The molecule has 1 aliphatic heterocycles. The number of hydrogen-bond acceptors (Lipinski definition) is 5. The van der Waals surface area contributed by atoms with Crippen LogP contribution < -0.4 is 24.4 Å². The molecule has 1 N–H and O–H groups in total. The second kappa shape index (κ2) is 10.6. The molecule has 1 heterocycles. The SMILES string of the molecule is COc1cc(N2CC(C(=O)NC(C)c3ccc(CC(C)C)cc3)CC2=O)cc(OC)c1OC. The molecule has 1 fully saturated rings. The summed E-state index contributed by atoms with van der Waals surface area (Å²) in [5.74, 6) is 1.30. The zero-order chi connectivity index (χ0) is 24.1. The number of ether oxygens (including phenoxy) is 3. The molecular formula is C26H34N2O5. The first-order valence-corrected chi connectivity index (χ1v) is 11.3. The summed E-state index contributed by atoms with van der Waals surface area (Å²) in [6.07, 6.45) is 1.19. The first-order valence-electron chi connectivity index (χ1n) is 11.3. The molecule has 0 bridgehead atoms. The van der Waals surface area contributed by atoms with Crippen LogP contribution in [0.15, 0.2) is 36.4 Å². The number of nitrogens with one attached hydrogen (secondary N) is 1. The van der Waals surface area contributed by atoms with Crippen molar-refractivity contribution in [3.05, 3.63) is 47.5 Å². The fourth-order valence-corrected chi connectivity index (χ4v) is 4.18. The molecular weight excluding hydrogens is 420 g/mol. The van der Waals surface area contributed by atoms with E-state index in [1.807, 2.05) is 6.92 Å². The van der Waals surface area contributed by atoms with E-state index in [1.54, 1.807) is 17.0 Å². The van der Waals surface area contributed by atoms with Gasteiger partial charge in [0.1, 0.15) is 0 Å². The van der Waals surface area contributed by atoms with Crippen molar-refractivity contribution in [3.8, 4) is 17.2 Å². The number of rotatable bonds is 9. The summed E-state index contributed by atoms with van der Waals surface area (Å²) in [5.41, 5.74) is 2.94. The molecule has 7 nitrogen and oxygen atoms in total. The highest BCUT2D eigenvalue weighted by molar-refractivity contribution is 6.00. The molecule has 7 heteroatoms. The van der Waals surface area contributed by atoms with Gasteiger partial charge in [0.05, 0.1) is 39.0 Å². The zero-order valence-corrected chi connectivity index (χ0v) is 20.3. The Bertz CT molecular complexity index is 962. The maximum atomic E-state index is 13.0. The Morgan fingerprint density at radius 3 is 2.15 bits per heavy atom. The van der Waals surface area contributed by atoms with Crippen LogP contribution in [-0.4, -0.2) is 39.7 Å². The van der Waals surface area contributed by atoms with Crippen molar-refractivity contribution in [2.75, 3.05) is 32.8 Å². The molecule has 0 spiro atoms. The van der Waals surface area contributed by atoms with Gasteiger partial charge in [-0.2, -0.15) is 0 Å². The predicted octanol–water partition coefficient (Wildman–Crippen LogP) is 4.14. The molecule has 2 amide bonds. The highest BCUT2D eigenvalue weighted by Crippen LogP contribution is 2.42. The summed E-state index contributed by atoms with van der Waals surface area (Å²) in [6.45, 7) is 6.65. The van der Waals surface area contributed by atoms with Gasteiger partial charge in [-0.25, -0.2) is 0 Å². The van der Waals surface area contributed by atoms with Gasteiger partial charge >= 0.3 is 0 Å². The third-order valence-corrected chi connectivity index (χ3v) is 5.94. The van der Waals surface area contributed by atoms with Crippen LogP contribution in [-0.2, 0) is 16.0 Å². The maximum Gasteiger partial charge on any atom is 0.227 e. The summed E-state index contributed by atoms with van der Waals surface area (Å²) >= 11 is 0. The summed E-state index contributed by atoms with van der Waals surface area (Å²) < 4.78 is 16.2. The summed E-state index contributed by atoms with van der Waals surface area (Å²) in [4.78, 5) is 27.3. The lowest BCUT2D eigenvalue weighted by molar-refractivity contribution is -0.126. The molecule has 2 aromatic carbocycles. The lowest BCUT2D eigenvalue weighted by atomic mass is 9.99. The minimum atomic E-state index is -0.431. The van der Waals surface area contributed by atoms with E-state index in [4.69, 9.17) is 14.2 Å². The number of hydrogen-bond donors (Lipinski definition) is 1. The van der Waals surface area contributed by atoms with Gasteiger partial charge in [0.25, 0.3) is 0 Å². The number of nitrogens with zero attached hydrogens (tertiary/aromatic N) is 1. The number of carbonyl (C=O) groups is 2. The standard InChI is InChI=1S/C26H34N2O5/c1-16(2)11-18-7-9-19(10-8-18)17(3)27-26(30)20-12-24(29)28(15-20)21-13-22(31-4)25(33-6)23(14-21)32-5/h7-10,13-14,16-17,20H,11-12,15H2,1-6H3,(H,27,30). The Labute approximate surface area is 196 Å². The fraction of sp³-hybridized carbons (Fsp3) is 0.462. The number of carbonyl (C=O) groups excluding carboxylic acids is 2. The van der Waals surface area contributed by atoms with Crippen LogP contribution in [0.5, 0.6) is 17.2 Å². The monoisotopic (exact) mass is 454 g/mol. The van der Waals surface area contributed by atoms with Crippen molar-refractivity contribution in [2.24, 2.45) is 11.8 Å². The maximum absolute atomic E-state index is 13.0. The van der Waals surface area contributed by atoms with Gasteiger partial charge in [0.15, 0.2) is 11.5 Å². The van der Waals surface area contributed by atoms with Crippen molar-refractivity contribution in [1.82, 2.24) is 5.32 Å². The van der Waals surface area contributed by atoms with Crippen LogP contribution in [0.25, 0.3) is 0 Å². The first-order chi connectivity index (χ1) is 15.8. The quantitative estimate of drug-likeness (QED) is 0.616. The van der Waals surface area contributed by atoms with Crippen LogP contribution in [0.1, 0.15) is 44.4 Å². The van der Waals surface area contributed by atoms with E-state index in [2.05, 4.69) is 43.4 Å². The molecule has 1 aliphatic rings. The average molecular weight is 455 g/mol. The first kappa shape index (κ1) is 24.4. The molecule has 1 saturated heterocycles. The highest BCUT2D eigenvalue weighted by atomic mass is 16.5. The smallest absolute Gasteiger partial charge is 0.227 e. The van der Waals surface area contributed by atoms with Gasteiger partial charge in [-0.3, -0.25) is 9.59 Å². The Kier molecular flexibility index (Phi) is 7.84. The van der Waals surface area contributed by atoms with Crippen LogP contribution in [0, 0.1) is 11.8 Å². The van der Waals surface area contributed by atoms with E-state index < -0.39 is 5.92 Å². The zero-order valence-electron chi connectivity index (χ0n) is 20.3. The molecule has 3 rings (SSSR count). The minimum Gasteiger partial charge on any atom is -0.493 e. The molecule has 0 saturated carbocycles. The lowest BCUT2D eigenvalue weighted by Crippen LogP contribution is -2.34. The normalized spacial score (nSPS) is 16.6. The topological polar surface area (TPSA) is 77.1 Å². The summed E-state index contributed by atoms with van der Waals surface area (Å²) in [7, 11) is 4.58. The van der Waals surface area contributed by atoms with Crippen LogP contribution >= 0.6 is 0 Å². The molecule has 0 aromatic heterocycles. The third-order valence-electron chi connectivity index (χ3n) is 5.94. The van der Waals surface area contributed by atoms with E-state index in [1.165, 1.54) is 26.9 Å². The van der Waals surface area contributed by atoms with Gasteiger partial charge < -0.3 is 24.4 Å². The number of anilines is 1. The molecule has 2 unspecified atom stereocenters. The Morgan fingerprint density at radius 1 is 1.03 bits per heavy atom. The second-order valence-electron chi connectivity index (χ2n) is 8.86. The molecule has 33 heavy (non-hydrogen) atoms. The van der Waals surface area contributed by atoms with Crippen LogP contribution in [0.4, 0.5) is 5.69 Å². The molecule has 178 valence electrons. The molecule has 0 aliphatic carbocycles. The van der Waals surface area contributed by atoms with Crippen molar-refractivity contribution >= 4 is 17.5 Å². The second-order valence-corrected chi connectivity index (χ2v) is 8.86. The summed E-state index contributed by atoms with van der Waals surface area (Å²) in [5, 5.41) is 3.07. The van der Waals surface area contributed by atoms with Crippen LogP contribution in [0.2, 0.25) is 0 Å². The number of amides is 2. The van der Waals surface area contributed by atoms with E-state index >= 15 is 0 Å². The number of methoxy groups -OCH3 is 3. The highest BCUT2D eigenvalue weighted by Gasteiger charge is 2.36. The van der Waals surface area contributed by atoms with E-state index in [-0.39, 0.29) is 24.3 Å². The molecule has 2 atom stereocenters. The fourth-order valence-electron chi connectivity index (χ4n) is 4.18. The Morgan fingerprint density at radius 2 is 1.64 bits per heavy atom. The minimum absolute atomic E-state index is 0.116. The number of benzene rings is 2. The van der Waals surface area contributed by atoms with Gasteiger partial charge in [0, 0.05) is 25.1 Å². The van der Waals surface area contributed by atoms with Crippen molar-refractivity contribution < 1.29 is 23.8 Å². The van der Waals surface area contributed by atoms with Gasteiger partial charge in [-0.15, -0.1) is 0 Å². The molecule has 2 aromatic rings. The average Bonchev–Trinajstić information content (AvgIpc) is 3.19. The summed E-state index contributed by atoms with van der Waals surface area (Å²) in [6, 6.07) is 11.7. The molecule has 0 radical (unpaired) electrons. The Balaban J connectivity index is 1.69.